The summed E-state index contributed by atoms with van der Waals surface area (Å²) in [6.45, 7) is 1.06. The second kappa shape index (κ2) is 6.33. The van der Waals surface area contributed by atoms with Crippen LogP contribution in [0.2, 0.25) is 0 Å². The zero-order chi connectivity index (χ0) is 17.4. The standard InChI is InChI=1S/C18H15FN2O3S/c1-21-13-9-14-15(24-7-6-23-14)10-16(13)25-18(21)20-17(22)8-11-2-4-12(19)5-3-11/h2-5,9-10H,6-8H2,1H3. The van der Waals surface area contributed by atoms with Crippen molar-refractivity contribution in [2.75, 3.05) is 13.2 Å². The van der Waals surface area contributed by atoms with Crippen LogP contribution in [0.3, 0.4) is 0 Å². The smallest absolute Gasteiger partial charge is 0.252 e. The number of ether oxygens (including phenoxy) is 2. The number of aromatic nitrogens is 1. The van der Waals surface area contributed by atoms with E-state index in [1.54, 1.807) is 12.1 Å². The van der Waals surface area contributed by atoms with Gasteiger partial charge in [0.2, 0.25) is 0 Å². The number of amides is 1. The molecule has 5 nitrogen and oxygen atoms in total. The number of aryl methyl sites for hydroxylation is 1. The number of halogens is 1. The first kappa shape index (κ1) is 15.8. The lowest BCUT2D eigenvalue weighted by atomic mass is 10.1. The molecule has 0 saturated carbocycles. The number of fused-ring (bicyclic) bond motifs is 2. The van der Waals surface area contributed by atoms with Crippen molar-refractivity contribution in [1.29, 1.82) is 0 Å². The van der Waals surface area contributed by atoms with E-state index in [4.69, 9.17) is 9.47 Å². The predicted molar refractivity (Wildman–Crippen MR) is 92.5 cm³/mol. The van der Waals surface area contributed by atoms with Crippen LogP contribution in [0.25, 0.3) is 10.2 Å². The predicted octanol–water partition coefficient (Wildman–Crippen LogP) is 2.82. The van der Waals surface area contributed by atoms with Gasteiger partial charge in [-0.25, -0.2) is 4.39 Å². The Morgan fingerprint density at radius 1 is 1.20 bits per heavy atom. The van der Waals surface area contributed by atoms with E-state index < -0.39 is 0 Å². The molecule has 0 unspecified atom stereocenters. The molecule has 0 fully saturated rings. The molecule has 3 aromatic rings. The fourth-order valence-electron chi connectivity index (χ4n) is 2.69. The van der Waals surface area contributed by atoms with Gasteiger partial charge >= 0.3 is 0 Å². The molecule has 2 heterocycles. The number of carbonyl (C=O) groups is 1. The Morgan fingerprint density at radius 2 is 1.88 bits per heavy atom. The van der Waals surface area contributed by atoms with Crippen molar-refractivity contribution >= 4 is 27.5 Å². The zero-order valence-electron chi connectivity index (χ0n) is 13.5. The lowest BCUT2D eigenvalue weighted by Crippen LogP contribution is -2.16. The molecular formula is C18H15FN2O3S. The van der Waals surface area contributed by atoms with Gasteiger partial charge in [-0.2, -0.15) is 4.99 Å². The Balaban J connectivity index is 1.68. The van der Waals surface area contributed by atoms with Gasteiger partial charge < -0.3 is 14.0 Å². The number of hydrogen-bond donors (Lipinski definition) is 0. The topological polar surface area (TPSA) is 52.8 Å². The van der Waals surface area contributed by atoms with E-state index in [2.05, 4.69) is 4.99 Å². The molecule has 2 aromatic carbocycles. The molecule has 0 atom stereocenters. The summed E-state index contributed by atoms with van der Waals surface area (Å²) in [4.78, 5) is 17.0. The van der Waals surface area contributed by atoms with Crippen molar-refractivity contribution in [1.82, 2.24) is 4.57 Å². The molecule has 25 heavy (non-hydrogen) atoms. The van der Waals surface area contributed by atoms with Crippen LogP contribution in [-0.4, -0.2) is 23.7 Å². The Morgan fingerprint density at radius 3 is 2.60 bits per heavy atom. The number of hydrogen-bond acceptors (Lipinski definition) is 4. The molecule has 0 radical (unpaired) electrons. The fraction of sp³-hybridized carbons (Fsp3) is 0.222. The van der Waals surface area contributed by atoms with E-state index in [1.165, 1.54) is 23.5 Å². The molecule has 0 bridgehead atoms. The summed E-state index contributed by atoms with van der Waals surface area (Å²) in [5.41, 5.74) is 1.67. The van der Waals surface area contributed by atoms with E-state index in [0.29, 0.717) is 29.5 Å². The van der Waals surface area contributed by atoms with Crippen LogP contribution < -0.4 is 14.3 Å². The quantitative estimate of drug-likeness (QED) is 0.708. The number of nitrogens with zero attached hydrogens (tertiary/aromatic N) is 2. The molecule has 1 aliphatic heterocycles. The van der Waals surface area contributed by atoms with Crippen LogP contribution >= 0.6 is 11.3 Å². The molecule has 7 heteroatoms. The van der Waals surface area contributed by atoms with Crippen molar-refractivity contribution in [3.05, 3.63) is 52.6 Å². The van der Waals surface area contributed by atoms with Gasteiger partial charge in [0.25, 0.3) is 5.91 Å². The summed E-state index contributed by atoms with van der Waals surface area (Å²) < 4.78 is 27.0. The number of benzene rings is 2. The average Bonchev–Trinajstić information content (AvgIpc) is 2.90. The molecule has 1 aliphatic rings. The molecular weight excluding hydrogens is 343 g/mol. The Labute approximate surface area is 147 Å². The van der Waals surface area contributed by atoms with E-state index in [0.717, 1.165) is 15.8 Å². The van der Waals surface area contributed by atoms with Gasteiger partial charge in [0.1, 0.15) is 19.0 Å². The van der Waals surface area contributed by atoms with Gasteiger partial charge in [0.15, 0.2) is 16.3 Å². The van der Waals surface area contributed by atoms with E-state index in [-0.39, 0.29) is 18.1 Å². The summed E-state index contributed by atoms with van der Waals surface area (Å²) in [6, 6.07) is 9.69. The largest absolute Gasteiger partial charge is 0.486 e. The first-order chi connectivity index (χ1) is 12.1. The van der Waals surface area contributed by atoms with Crippen LogP contribution in [0.15, 0.2) is 41.4 Å². The molecule has 0 aliphatic carbocycles. The van der Waals surface area contributed by atoms with Crippen LogP contribution in [-0.2, 0) is 18.3 Å². The second-order valence-corrected chi connectivity index (χ2v) is 6.73. The highest BCUT2D eigenvalue weighted by Gasteiger charge is 2.15. The van der Waals surface area contributed by atoms with Gasteiger partial charge in [-0.1, -0.05) is 23.5 Å². The Bertz CT molecular complexity index is 1020. The second-order valence-electron chi connectivity index (χ2n) is 5.72. The molecule has 0 saturated heterocycles. The first-order valence-electron chi connectivity index (χ1n) is 7.81. The normalized spacial score (nSPS) is 14.1. The summed E-state index contributed by atoms with van der Waals surface area (Å²) in [5, 5.41) is 0. The molecule has 128 valence electrons. The third-order valence-electron chi connectivity index (χ3n) is 3.96. The highest BCUT2D eigenvalue weighted by Crippen LogP contribution is 2.35. The monoisotopic (exact) mass is 358 g/mol. The minimum atomic E-state index is -0.322. The molecule has 4 rings (SSSR count). The molecule has 0 N–H and O–H groups in total. The van der Waals surface area contributed by atoms with E-state index >= 15 is 0 Å². The maximum Gasteiger partial charge on any atom is 0.252 e. The van der Waals surface area contributed by atoms with E-state index in [1.807, 2.05) is 23.7 Å². The van der Waals surface area contributed by atoms with Crippen LogP contribution in [0, 0.1) is 5.82 Å². The number of carbonyl (C=O) groups excluding carboxylic acids is 1. The van der Waals surface area contributed by atoms with Gasteiger partial charge in [-0.15, -0.1) is 0 Å². The van der Waals surface area contributed by atoms with Crippen molar-refractivity contribution in [3.63, 3.8) is 0 Å². The van der Waals surface area contributed by atoms with Crippen molar-refractivity contribution in [3.8, 4) is 11.5 Å². The first-order valence-corrected chi connectivity index (χ1v) is 8.63. The lowest BCUT2D eigenvalue weighted by Gasteiger charge is -2.18. The minimum absolute atomic E-state index is 0.136. The highest BCUT2D eigenvalue weighted by atomic mass is 32.1. The van der Waals surface area contributed by atoms with Gasteiger partial charge in [-0.3, -0.25) is 4.79 Å². The summed E-state index contributed by atoms with van der Waals surface area (Å²) in [6.07, 6.45) is 0.136. The van der Waals surface area contributed by atoms with Crippen LogP contribution in [0.1, 0.15) is 5.56 Å². The molecule has 1 aromatic heterocycles. The van der Waals surface area contributed by atoms with Crippen LogP contribution in [0.5, 0.6) is 11.5 Å². The van der Waals surface area contributed by atoms with Gasteiger partial charge in [0.05, 0.1) is 16.6 Å². The Kier molecular flexibility index (Phi) is 4.01. The molecule has 1 amide bonds. The fourth-order valence-corrected chi connectivity index (χ4v) is 3.74. The van der Waals surface area contributed by atoms with Crippen molar-refractivity contribution in [2.45, 2.75) is 6.42 Å². The lowest BCUT2D eigenvalue weighted by molar-refractivity contribution is -0.117. The van der Waals surface area contributed by atoms with Crippen LogP contribution in [0.4, 0.5) is 4.39 Å². The summed E-state index contributed by atoms with van der Waals surface area (Å²) in [5.74, 6) is 0.824. The Hall–Kier alpha value is -2.67. The SMILES string of the molecule is Cn1c(=NC(=O)Cc2ccc(F)cc2)sc2cc3c(cc21)OCCO3. The van der Waals surface area contributed by atoms with Crippen molar-refractivity contribution < 1.29 is 18.7 Å². The highest BCUT2D eigenvalue weighted by molar-refractivity contribution is 7.16. The van der Waals surface area contributed by atoms with Gasteiger partial charge in [0, 0.05) is 19.2 Å². The molecule has 0 spiro atoms. The number of rotatable bonds is 2. The number of thiazole rings is 1. The third-order valence-corrected chi connectivity index (χ3v) is 5.06. The third kappa shape index (κ3) is 3.15. The maximum absolute atomic E-state index is 12.9. The maximum atomic E-state index is 12.9. The van der Waals surface area contributed by atoms with E-state index in [9.17, 15) is 9.18 Å². The van der Waals surface area contributed by atoms with Crippen molar-refractivity contribution in [2.24, 2.45) is 12.0 Å². The summed E-state index contributed by atoms with van der Waals surface area (Å²) in [7, 11) is 1.86. The summed E-state index contributed by atoms with van der Waals surface area (Å²) >= 11 is 1.42. The zero-order valence-corrected chi connectivity index (χ0v) is 14.3. The minimum Gasteiger partial charge on any atom is -0.486 e. The van der Waals surface area contributed by atoms with Gasteiger partial charge in [-0.05, 0) is 17.7 Å². The average molecular weight is 358 g/mol.